The average Bonchev–Trinajstić information content (AvgIpc) is 2.81. The predicted molar refractivity (Wildman–Crippen MR) is 77.3 cm³/mol. The van der Waals surface area contributed by atoms with Crippen LogP contribution in [0.25, 0.3) is 0 Å². The molecule has 0 aliphatic carbocycles. The second kappa shape index (κ2) is 5.57. The molecule has 0 radical (unpaired) electrons. The van der Waals surface area contributed by atoms with Crippen LogP contribution in [0.3, 0.4) is 0 Å². The Hall–Kier alpha value is -1.62. The van der Waals surface area contributed by atoms with Gasteiger partial charge in [-0.05, 0) is 45.0 Å². The van der Waals surface area contributed by atoms with Gasteiger partial charge in [-0.2, -0.15) is 0 Å². The second-order valence-corrected chi connectivity index (χ2v) is 6.12. The minimum absolute atomic E-state index is 0.314. The van der Waals surface area contributed by atoms with Crippen molar-refractivity contribution in [3.63, 3.8) is 0 Å². The van der Waals surface area contributed by atoms with Crippen LogP contribution in [-0.4, -0.2) is 10.6 Å². The monoisotopic (exact) mass is 278 g/mol. The maximum absolute atomic E-state index is 5.87. The third-order valence-corrected chi connectivity index (χ3v) is 3.16. The van der Waals surface area contributed by atoms with E-state index in [9.17, 15) is 0 Å². The lowest BCUT2D eigenvalue weighted by molar-refractivity contribution is 0.124. The molecule has 2 heterocycles. The number of thioether (sulfide) groups is 1. The standard InChI is InChI=1S/C14H18N2O2S/c1-14(2,3)18-13-11(15)6-7-12(16-13)19-9-10-5-4-8-17-10/h4-8H,9,15H2,1-3H3. The number of pyridine rings is 1. The molecule has 102 valence electrons. The van der Waals surface area contributed by atoms with Crippen molar-refractivity contribution in [2.24, 2.45) is 0 Å². The second-order valence-electron chi connectivity index (χ2n) is 5.13. The van der Waals surface area contributed by atoms with Gasteiger partial charge >= 0.3 is 0 Å². The van der Waals surface area contributed by atoms with Crippen LogP contribution in [0.5, 0.6) is 5.88 Å². The molecule has 2 aromatic rings. The summed E-state index contributed by atoms with van der Waals surface area (Å²) in [5.41, 5.74) is 6.11. The highest BCUT2D eigenvalue weighted by atomic mass is 32.2. The molecule has 0 aromatic carbocycles. The number of nitrogens with two attached hydrogens (primary N) is 1. The Balaban J connectivity index is 2.07. The largest absolute Gasteiger partial charge is 0.470 e. The molecule has 0 amide bonds. The summed E-state index contributed by atoms with van der Waals surface area (Å²) in [6.45, 7) is 5.91. The van der Waals surface area contributed by atoms with Gasteiger partial charge in [-0.3, -0.25) is 0 Å². The quantitative estimate of drug-likeness (QED) is 0.863. The molecule has 4 nitrogen and oxygen atoms in total. The summed E-state index contributed by atoms with van der Waals surface area (Å²) in [6.07, 6.45) is 1.67. The van der Waals surface area contributed by atoms with Crippen molar-refractivity contribution in [1.82, 2.24) is 4.98 Å². The van der Waals surface area contributed by atoms with E-state index in [4.69, 9.17) is 14.9 Å². The Morgan fingerprint density at radius 1 is 1.32 bits per heavy atom. The number of hydrogen-bond donors (Lipinski definition) is 1. The van der Waals surface area contributed by atoms with E-state index in [1.165, 1.54) is 0 Å². The first kappa shape index (κ1) is 13.8. The van der Waals surface area contributed by atoms with Crippen molar-refractivity contribution < 1.29 is 9.15 Å². The summed E-state index contributed by atoms with van der Waals surface area (Å²) in [5, 5.41) is 0.866. The number of nitrogen functional groups attached to an aromatic ring is 1. The molecule has 5 heteroatoms. The van der Waals surface area contributed by atoms with Crippen LogP contribution in [0, 0.1) is 0 Å². The third kappa shape index (κ3) is 4.21. The van der Waals surface area contributed by atoms with Gasteiger partial charge in [-0.25, -0.2) is 4.98 Å². The Morgan fingerprint density at radius 2 is 2.11 bits per heavy atom. The Bertz CT molecular complexity index is 533. The van der Waals surface area contributed by atoms with E-state index < -0.39 is 0 Å². The summed E-state index contributed by atoms with van der Waals surface area (Å²) in [4.78, 5) is 4.43. The van der Waals surface area contributed by atoms with E-state index in [1.807, 2.05) is 45.0 Å². The molecule has 0 aliphatic rings. The number of nitrogens with zero attached hydrogens (tertiary/aromatic N) is 1. The molecule has 2 rings (SSSR count). The van der Waals surface area contributed by atoms with Crippen LogP contribution < -0.4 is 10.5 Å². The zero-order chi connectivity index (χ0) is 13.9. The Kier molecular flexibility index (Phi) is 4.04. The van der Waals surface area contributed by atoms with Gasteiger partial charge in [0.05, 0.1) is 17.7 Å². The Labute approximate surface area is 117 Å². The minimum Gasteiger partial charge on any atom is -0.470 e. The molecule has 0 atom stereocenters. The van der Waals surface area contributed by atoms with Gasteiger partial charge in [0.25, 0.3) is 0 Å². The van der Waals surface area contributed by atoms with Gasteiger partial charge in [0.15, 0.2) is 0 Å². The molecule has 2 aromatic heterocycles. The lowest BCUT2D eigenvalue weighted by Gasteiger charge is -2.21. The first-order valence-electron chi connectivity index (χ1n) is 6.05. The lowest BCUT2D eigenvalue weighted by Crippen LogP contribution is -2.24. The Morgan fingerprint density at radius 3 is 2.74 bits per heavy atom. The normalized spacial score (nSPS) is 11.5. The van der Waals surface area contributed by atoms with Crippen molar-refractivity contribution in [2.45, 2.75) is 37.2 Å². The molecule has 0 aliphatic heterocycles. The highest BCUT2D eigenvalue weighted by Crippen LogP contribution is 2.28. The maximum Gasteiger partial charge on any atom is 0.238 e. The first-order valence-corrected chi connectivity index (χ1v) is 7.03. The number of anilines is 1. The van der Waals surface area contributed by atoms with E-state index in [-0.39, 0.29) is 5.60 Å². The molecular weight excluding hydrogens is 260 g/mol. The predicted octanol–water partition coefficient (Wildman–Crippen LogP) is 3.73. The van der Waals surface area contributed by atoms with Gasteiger partial charge < -0.3 is 14.9 Å². The van der Waals surface area contributed by atoms with Crippen LogP contribution >= 0.6 is 11.8 Å². The molecule has 0 bridgehead atoms. The van der Waals surface area contributed by atoms with Crippen molar-refractivity contribution >= 4 is 17.4 Å². The smallest absolute Gasteiger partial charge is 0.238 e. The molecule has 2 N–H and O–H groups in total. The number of aromatic nitrogens is 1. The maximum atomic E-state index is 5.87. The number of ether oxygens (including phenoxy) is 1. The highest BCUT2D eigenvalue weighted by molar-refractivity contribution is 7.98. The fourth-order valence-electron chi connectivity index (χ4n) is 1.43. The molecule has 0 spiro atoms. The summed E-state index contributed by atoms with van der Waals surface area (Å²) in [5.74, 6) is 2.14. The van der Waals surface area contributed by atoms with Crippen molar-refractivity contribution in [3.8, 4) is 5.88 Å². The van der Waals surface area contributed by atoms with Crippen molar-refractivity contribution in [2.75, 3.05) is 5.73 Å². The SMILES string of the molecule is CC(C)(C)Oc1nc(SCc2ccco2)ccc1N. The molecule has 0 fully saturated rings. The van der Waals surface area contributed by atoms with Crippen LogP contribution in [-0.2, 0) is 5.75 Å². The van der Waals surface area contributed by atoms with Crippen LogP contribution in [0.1, 0.15) is 26.5 Å². The van der Waals surface area contributed by atoms with Crippen LogP contribution in [0.15, 0.2) is 40.0 Å². The zero-order valence-corrected chi connectivity index (χ0v) is 12.2. The lowest BCUT2D eigenvalue weighted by atomic mass is 10.2. The molecule has 0 saturated carbocycles. The van der Waals surface area contributed by atoms with E-state index in [0.29, 0.717) is 11.6 Å². The summed E-state index contributed by atoms with van der Waals surface area (Å²) >= 11 is 1.59. The molecule has 0 saturated heterocycles. The minimum atomic E-state index is -0.314. The zero-order valence-electron chi connectivity index (χ0n) is 11.3. The van der Waals surface area contributed by atoms with E-state index in [1.54, 1.807) is 18.0 Å². The van der Waals surface area contributed by atoms with Gasteiger partial charge in [-0.15, -0.1) is 0 Å². The van der Waals surface area contributed by atoms with Gasteiger partial charge in [0, 0.05) is 0 Å². The van der Waals surface area contributed by atoms with Crippen LogP contribution in [0.2, 0.25) is 0 Å². The summed E-state index contributed by atoms with van der Waals surface area (Å²) in [6, 6.07) is 7.52. The van der Waals surface area contributed by atoms with Crippen LogP contribution in [0.4, 0.5) is 5.69 Å². The first-order chi connectivity index (χ1) is 8.94. The van der Waals surface area contributed by atoms with Crippen molar-refractivity contribution in [1.29, 1.82) is 0 Å². The van der Waals surface area contributed by atoms with E-state index >= 15 is 0 Å². The molecule has 0 unspecified atom stereocenters. The topological polar surface area (TPSA) is 61.3 Å². The average molecular weight is 278 g/mol. The highest BCUT2D eigenvalue weighted by Gasteiger charge is 2.15. The van der Waals surface area contributed by atoms with Crippen molar-refractivity contribution in [3.05, 3.63) is 36.3 Å². The summed E-state index contributed by atoms with van der Waals surface area (Å²) in [7, 11) is 0. The van der Waals surface area contributed by atoms with E-state index in [0.717, 1.165) is 16.5 Å². The fourth-order valence-corrected chi connectivity index (χ4v) is 2.19. The number of furan rings is 1. The number of rotatable bonds is 4. The summed E-state index contributed by atoms with van der Waals surface area (Å²) < 4.78 is 11.0. The fraction of sp³-hybridized carbons (Fsp3) is 0.357. The third-order valence-electron chi connectivity index (χ3n) is 2.21. The number of hydrogen-bond acceptors (Lipinski definition) is 5. The molecular formula is C14H18N2O2S. The van der Waals surface area contributed by atoms with Gasteiger partial charge in [-0.1, -0.05) is 11.8 Å². The van der Waals surface area contributed by atoms with Gasteiger partial charge in [0.2, 0.25) is 5.88 Å². The molecule has 19 heavy (non-hydrogen) atoms. The van der Waals surface area contributed by atoms with Gasteiger partial charge in [0.1, 0.15) is 16.4 Å². The van der Waals surface area contributed by atoms with E-state index in [2.05, 4.69) is 4.98 Å².